The molecular weight excluding hydrogens is 1200 g/mol. The second-order valence-electron chi connectivity index (χ2n) is 21.6. The van der Waals surface area contributed by atoms with E-state index in [1.54, 1.807) is 0 Å². The zero-order valence-corrected chi connectivity index (χ0v) is 50.3. The fourth-order valence-electron chi connectivity index (χ4n) is 11.8. The highest BCUT2D eigenvalue weighted by Gasteiger charge is 2.22. The topological polar surface area (TPSA) is 31.2 Å². The molecule has 408 valence electrons. The number of halogens is 3. The number of furan rings is 2. The van der Waals surface area contributed by atoms with Crippen LogP contribution < -0.4 is 0 Å². The van der Waals surface area contributed by atoms with Crippen molar-refractivity contribution in [1.29, 1.82) is 0 Å². The average molecular weight is 1250 g/mol. The third-order valence-electron chi connectivity index (χ3n) is 16.1. The summed E-state index contributed by atoms with van der Waals surface area (Å²) in [6.45, 7) is 0. The van der Waals surface area contributed by atoms with Crippen molar-refractivity contribution in [2.75, 3.05) is 0 Å². The third kappa shape index (κ3) is 11.8. The monoisotopic (exact) mass is 1250 g/mol. The van der Waals surface area contributed by atoms with Gasteiger partial charge in [-0.25, -0.2) is 4.39 Å². The molecular formula is C74H50B8Br2FNO2. The first kappa shape index (κ1) is 59.8. The number of nitrogens with zero attached hydrogens (tertiary/aromatic N) is 1. The van der Waals surface area contributed by atoms with Gasteiger partial charge in [-0.3, -0.25) is 0 Å². The van der Waals surface area contributed by atoms with E-state index >= 15 is 0 Å². The lowest BCUT2D eigenvalue weighted by Gasteiger charge is -2.13. The van der Waals surface area contributed by atoms with Gasteiger partial charge < -0.3 is 13.4 Å². The van der Waals surface area contributed by atoms with Crippen LogP contribution >= 0.6 is 31.9 Å². The number of hydrogen-bond donors (Lipinski definition) is 0. The normalized spacial score (nSPS) is 11.2. The van der Waals surface area contributed by atoms with Crippen LogP contribution in [0.4, 0.5) is 4.39 Å². The van der Waals surface area contributed by atoms with Gasteiger partial charge in [-0.2, -0.15) is 0 Å². The van der Waals surface area contributed by atoms with E-state index in [-0.39, 0.29) is 13.2 Å². The van der Waals surface area contributed by atoms with E-state index in [9.17, 15) is 4.39 Å². The Hall–Kier alpha value is -8.55. The molecule has 0 atom stereocenters. The fraction of sp³-hybridized carbons (Fsp3) is 0.0270. The first-order valence-corrected chi connectivity index (χ1v) is 30.3. The van der Waals surface area contributed by atoms with Crippen molar-refractivity contribution in [1.82, 2.24) is 4.57 Å². The first-order valence-electron chi connectivity index (χ1n) is 28.7. The zero-order chi connectivity index (χ0) is 59.7. The Morgan fingerprint density at radius 1 is 0.364 bits per heavy atom. The zero-order valence-electron chi connectivity index (χ0n) is 47.1. The van der Waals surface area contributed by atoms with Crippen molar-refractivity contribution in [2.45, 2.75) is 13.8 Å². The lowest BCUT2D eigenvalue weighted by Crippen LogP contribution is -2.52. The van der Waals surface area contributed by atoms with Gasteiger partial charge in [0.2, 0.25) is 0 Å². The summed E-state index contributed by atoms with van der Waals surface area (Å²) in [7, 11) is 25.8. The van der Waals surface area contributed by atoms with Crippen molar-refractivity contribution in [3.63, 3.8) is 0 Å². The average Bonchev–Trinajstić information content (AvgIpc) is 1.92. The smallest absolute Gasteiger partial charge is 0.171 e. The maximum atomic E-state index is 14.3. The largest absolute Gasteiger partial charge is 0.454 e. The van der Waals surface area contributed by atoms with E-state index < -0.39 is 19.2 Å². The van der Waals surface area contributed by atoms with E-state index in [1.807, 2.05) is 54.6 Å². The van der Waals surface area contributed by atoms with Crippen LogP contribution in [0.3, 0.4) is 0 Å². The molecule has 14 heteroatoms. The number of fused-ring (bicyclic) bond motifs is 12. The van der Waals surface area contributed by atoms with Crippen molar-refractivity contribution < 1.29 is 13.2 Å². The second-order valence-corrected chi connectivity index (χ2v) is 23.4. The molecule has 3 heterocycles. The molecule has 1 aliphatic rings. The molecule has 3 aromatic heterocycles. The van der Waals surface area contributed by atoms with Crippen LogP contribution in [0.5, 0.6) is 0 Å². The highest BCUT2D eigenvalue weighted by molar-refractivity contribution is 9.10. The molecule has 15 aromatic rings. The molecule has 0 unspecified atom stereocenters. The molecule has 0 amide bonds. The van der Waals surface area contributed by atoms with Crippen LogP contribution in [0.25, 0.3) is 127 Å². The Morgan fingerprint density at radius 2 is 0.807 bits per heavy atom. The van der Waals surface area contributed by atoms with Crippen LogP contribution in [-0.4, -0.2) is 62.4 Å². The quantitative estimate of drug-likeness (QED) is 0.149. The van der Waals surface area contributed by atoms with Gasteiger partial charge in [0.25, 0.3) is 0 Å². The Kier molecular flexibility index (Phi) is 17.7. The second kappa shape index (κ2) is 26.0. The van der Waals surface area contributed by atoms with Crippen LogP contribution in [0, 0.1) is 5.82 Å². The van der Waals surface area contributed by atoms with Gasteiger partial charge >= 0.3 is 0 Å². The van der Waals surface area contributed by atoms with Crippen molar-refractivity contribution >= 4 is 155 Å². The third-order valence-corrected chi connectivity index (χ3v) is 17.1. The summed E-state index contributed by atoms with van der Waals surface area (Å²) in [5.74, 6) is -0.333. The minimum atomic E-state index is -0.630. The highest BCUT2D eigenvalue weighted by atomic mass is 79.9. The number of para-hydroxylation sites is 3. The van der Waals surface area contributed by atoms with Gasteiger partial charge in [0.05, 0.1) is 16.7 Å². The molecule has 0 N–H and O–H groups in total. The van der Waals surface area contributed by atoms with Gasteiger partial charge in [-0.05, 0) is 134 Å². The van der Waals surface area contributed by atoms with E-state index in [4.69, 9.17) is 47.5 Å². The number of benzene rings is 12. The number of aromatic nitrogens is 1. The predicted molar refractivity (Wildman–Crippen MR) is 386 cm³/mol. The summed E-state index contributed by atoms with van der Waals surface area (Å²) in [5.41, 5.74) is 20.9. The van der Waals surface area contributed by atoms with Gasteiger partial charge in [-0.1, -0.05) is 246 Å². The van der Waals surface area contributed by atoms with Crippen molar-refractivity contribution in [2.24, 2.45) is 0 Å². The van der Waals surface area contributed by atoms with E-state index in [2.05, 4.69) is 243 Å². The predicted octanol–water partition coefficient (Wildman–Crippen LogP) is 19.4. The Balaban J connectivity index is 0.000000131. The highest BCUT2D eigenvalue weighted by Crippen LogP contribution is 2.44. The van der Waals surface area contributed by atoms with E-state index in [0.29, 0.717) is 11.2 Å². The molecule has 12 aromatic carbocycles. The van der Waals surface area contributed by atoms with Crippen molar-refractivity contribution in [3.05, 3.63) is 293 Å². The van der Waals surface area contributed by atoms with Gasteiger partial charge in [0.15, 0.2) is 17.0 Å². The SMILES string of the molecule is Brc1ccc2c(c1)-c1ccccc1C2.Brc1ccc2c(c1)c1ccccc1n2-c1ccc(-c2ccc(-c3ccccc3)cc2)c2c1oc1ccccc12.C.Fc1ccc(-c2ccc(-c3ccccc3)cc2)c2c1oc1ccccc12.[B]B([B])B([B])B([B])[B]. The van der Waals surface area contributed by atoms with E-state index in [0.717, 1.165) is 81.5 Å². The summed E-state index contributed by atoms with van der Waals surface area (Å²) in [5, 5.41) is 6.46. The van der Waals surface area contributed by atoms with Crippen LogP contribution in [-0.2, 0) is 6.42 Å². The summed E-state index contributed by atoms with van der Waals surface area (Å²) < 4.78 is 31.3. The van der Waals surface area contributed by atoms with Gasteiger partial charge in [0.1, 0.15) is 11.2 Å². The Bertz CT molecular complexity index is 4970. The van der Waals surface area contributed by atoms with Crippen molar-refractivity contribution in [3.8, 4) is 61.3 Å². The first-order chi connectivity index (χ1) is 42.5. The molecule has 0 aliphatic heterocycles. The molecule has 10 radical (unpaired) electrons. The number of hydrogen-bond acceptors (Lipinski definition) is 2. The van der Waals surface area contributed by atoms with E-state index in [1.165, 1.54) is 66.9 Å². The van der Waals surface area contributed by atoms with Gasteiger partial charge in [0, 0.05) is 99.1 Å². The summed E-state index contributed by atoms with van der Waals surface area (Å²) in [6.07, 6.45) is -0.696. The van der Waals surface area contributed by atoms with Crippen LogP contribution in [0.15, 0.2) is 285 Å². The van der Waals surface area contributed by atoms with Crippen LogP contribution in [0.2, 0.25) is 0 Å². The molecule has 1 aliphatic carbocycles. The summed E-state index contributed by atoms with van der Waals surface area (Å²) >= 11 is 7.19. The summed E-state index contributed by atoms with van der Waals surface area (Å²) in [4.78, 5) is 0. The standard InChI is InChI=1S/C36H22BrNO.C24H15FO.C13H9Br.CH4.B8/c37-26-18-20-32-30(22-26)28-10-4-6-12-31(28)38(32)33-21-19-27(35-29-11-5-7-13-34(29)39-36(33)35)25-16-14-24(15-17-25)23-8-2-1-3-9-23;25-21-15-14-19(23-20-8-4-5-9-22(20)26-24(21)23)18-12-10-17(11-13-18)16-6-2-1-3-7-16;14-11-6-5-10-7-9-3-1-2-4-12(9)13(10)8-11;;1-6(2)8(5)7(3)4/h1-22H;1-15H;1-6,8H,7H2;1H4;. The maximum Gasteiger partial charge on any atom is 0.171 e. The maximum absolute atomic E-state index is 14.3. The number of rotatable bonds is 7. The lowest BCUT2D eigenvalue weighted by molar-refractivity contribution is 0.584. The molecule has 0 bridgehead atoms. The van der Waals surface area contributed by atoms with Gasteiger partial charge in [-0.15, -0.1) is 0 Å². The molecule has 88 heavy (non-hydrogen) atoms. The minimum Gasteiger partial charge on any atom is -0.454 e. The molecule has 0 saturated heterocycles. The Labute approximate surface area is 537 Å². The molecule has 16 rings (SSSR count). The molecule has 0 spiro atoms. The molecule has 0 saturated carbocycles. The minimum absolute atomic E-state index is 0. The lowest BCUT2D eigenvalue weighted by atomic mass is 8.68. The molecule has 3 nitrogen and oxygen atoms in total. The Morgan fingerprint density at radius 3 is 1.40 bits per heavy atom. The molecule has 0 fully saturated rings. The fourth-order valence-corrected chi connectivity index (χ4v) is 12.5. The summed E-state index contributed by atoms with van der Waals surface area (Å²) in [6, 6.07) is 92.0. The van der Waals surface area contributed by atoms with Crippen LogP contribution in [0.1, 0.15) is 18.6 Å².